The number of methoxy groups -OCH3 is 2. The zero-order chi connectivity index (χ0) is 28.3. The number of imidazole rings is 1. The molecule has 0 saturated heterocycles. The molecule has 2 heterocycles. The number of carbonyl (C=O) groups excluding carboxylic acids is 1. The summed E-state index contributed by atoms with van der Waals surface area (Å²) in [5, 5.41) is 6.10. The predicted octanol–water partition coefficient (Wildman–Crippen LogP) is 4.32. The molecule has 0 aliphatic heterocycles. The minimum Gasteiger partial charge on any atom is -0.493 e. The van der Waals surface area contributed by atoms with Crippen LogP contribution in [0.3, 0.4) is 0 Å². The van der Waals surface area contributed by atoms with E-state index in [0.29, 0.717) is 45.5 Å². The number of carbonyl (C=O) groups is 1. The van der Waals surface area contributed by atoms with Crippen molar-refractivity contribution < 1.29 is 22.7 Å². The van der Waals surface area contributed by atoms with Crippen LogP contribution >= 0.6 is 0 Å². The Kier molecular flexibility index (Phi) is 7.36. The van der Waals surface area contributed by atoms with Crippen molar-refractivity contribution in [1.82, 2.24) is 19.1 Å². The summed E-state index contributed by atoms with van der Waals surface area (Å²) in [6.45, 7) is 0. The lowest BCUT2D eigenvalue weighted by molar-refractivity contribution is 0.102. The molecule has 0 radical (unpaired) electrons. The fourth-order valence-electron chi connectivity index (χ4n) is 4.06. The molecule has 0 atom stereocenters. The van der Waals surface area contributed by atoms with Crippen molar-refractivity contribution in [3.05, 3.63) is 90.9 Å². The standard InChI is InChI=1S/C28H26N6O5S/c1-29-40(36,37)22-10-7-20(8-11-22)32-28(35)19-6-4-5-18(15-19)23-17-34-14-13-30-27(34)26(33-23)31-21-9-12-24(38-2)25(16-21)39-3/h4-17,29H,1-3H3,(H,31,33)(H,32,35). The molecule has 12 heteroatoms. The summed E-state index contributed by atoms with van der Waals surface area (Å²) in [4.78, 5) is 22.3. The molecule has 11 nitrogen and oxygen atoms in total. The Labute approximate surface area is 230 Å². The minimum atomic E-state index is -3.57. The van der Waals surface area contributed by atoms with Gasteiger partial charge in [0.2, 0.25) is 10.0 Å². The van der Waals surface area contributed by atoms with Gasteiger partial charge in [-0.2, -0.15) is 0 Å². The number of hydrogen-bond donors (Lipinski definition) is 3. The molecule has 0 unspecified atom stereocenters. The Morgan fingerprint density at radius 3 is 2.40 bits per heavy atom. The van der Waals surface area contributed by atoms with Crippen molar-refractivity contribution in [3.63, 3.8) is 0 Å². The molecule has 0 spiro atoms. The lowest BCUT2D eigenvalue weighted by atomic mass is 10.1. The number of anilines is 3. The highest BCUT2D eigenvalue weighted by Gasteiger charge is 2.15. The molecule has 0 saturated carbocycles. The van der Waals surface area contributed by atoms with Crippen molar-refractivity contribution in [3.8, 4) is 22.8 Å². The van der Waals surface area contributed by atoms with Crippen molar-refractivity contribution in [1.29, 1.82) is 0 Å². The number of hydrogen-bond acceptors (Lipinski definition) is 8. The second-order valence-corrected chi connectivity index (χ2v) is 10.5. The van der Waals surface area contributed by atoms with Crippen molar-refractivity contribution in [2.45, 2.75) is 4.90 Å². The maximum Gasteiger partial charge on any atom is 0.255 e. The first-order valence-electron chi connectivity index (χ1n) is 12.1. The van der Waals surface area contributed by atoms with Crippen LogP contribution in [0.4, 0.5) is 17.2 Å². The number of sulfonamides is 1. The Morgan fingerprint density at radius 1 is 0.925 bits per heavy atom. The summed E-state index contributed by atoms with van der Waals surface area (Å²) in [6, 6.07) is 18.4. The molecule has 204 valence electrons. The van der Waals surface area contributed by atoms with Crippen LogP contribution in [0.15, 0.2) is 90.2 Å². The van der Waals surface area contributed by atoms with E-state index >= 15 is 0 Å². The molecular formula is C28H26N6O5S. The molecule has 1 amide bonds. The first kappa shape index (κ1) is 26.7. The molecule has 5 rings (SSSR count). The van der Waals surface area contributed by atoms with Gasteiger partial charge in [-0.05, 0) is 55.6 Å². The number of ether oxygens (including phenoxy) is 2. The monoisotopic (exact) mass is 558 g/mol. The summed E-state index contributed by atoms with van der Waals surface area (Å²) in [7, 11) is 0.918. The first-order chi connectivity index (χ1) is 19.3. The van der Waals surface area contributed by atoms with E-state index < -0.39 is 10.0 Å². The summed E-state index contributed by atoms with van der Waals surface area (Å²) in [5.41, 5.74) is 3.56. The Bertz CT molecular complexity index is 1800. The second-order valence-electron chi connectivity index (χ2n) is 8.59. The zero-order valence-corrected chi connectivity index (χ0v) is 22.7. The van der Waals surface area contributed by atoms with Crippen LogP contribution in [0.2, 0.25) is 0 Å². The highest BCUT2D eigenvalue weighted by Crippen LogP contribution is 2.32. The van der Waals surface area contributed by atoms with Gasteiger partial charge in [-0.1, -0.05) is 12.1 Å². The second kappa shape index (κ2) is 11.0. The van der Waals surface area contributed by atoms with E-state index in [1.807, 2.05) is 28.9 Å². The van der Waals surface area contributed by atoms with Crippen LogP contribution in [0, 0.1) is 0 Å². The summed E-state index contributed by atoms with van der Waals surface area (Å²) in [5.74, 6) is 1.34. The first-order valence-corrected chi connectivity index (χ1v) is 13.6. The van der Waals surface area contributed by atoms with Crippen LogP contribution in [0.25, 0.3) is 16.9 Å². The lowest BCUT2D eigenvalue weighted by Crippen LogP contribution is -2.18. The molecule has 0 bridgehead atoms. The lowest BCUT2D eigenvalue weighted by Gasteiger charge is -2.13. The van der Waals surface area contributed by atoms with Gasteiger partial charge in [0.25, 0.3) is 5.91 Å². The highest BCUT2D eigenvalue weighted by molar-refractivity contribution is 7.89. The Hall–Kier alpha value is -4.94. The molecule has 2 aromatic heterocycles. The van der Waals surface area contributed by atoms with Gasteiger partial charge in [0, 0.05) is 47.2 Å². The van der Waals surface area contributed by atoms with Gasteiger partial charge in [0.1, 0.15) is 0 Å². The largest absolute Gasteiger partial charge is 0.493 e. The third-order valence-electron chi connectivity index (χ3n) is 6.13. The summed E-state index contributed by atoms with van der Waals surface area (Å²) >= 11 is 0. The molecule has 0 fully saturated rings. The number of nitrogens with one attached hydrogen (secondary N) is 3. The molecule has 3 aromatic carbocycles. The minimum absolute atomic E-state index is 0.105. The van der Waals surface area contributed by atoms with Crippen LogP contribution < -0.4 is 24.8 Å². The van der Waals surface area contributed by atoms with E-state index in [1.54, 1.807) is 50.7 Å². The normalized spacial score (nSPS) is 11.3. The Morgan fingerprint density at radius 2 is 1.68 bits per heavy atom. The summed E-state index contributed by atoms with van der Waals surface area (Å²) < 4.78 is 38.7. The topological polar surface area (TPSA) is 136 Å². The van der Waals surface area contributed by atoms with Crippen LogP contribution in [-0.2, 0) is 10.0 Å². The fourth-order valence-corrected chi connectivity index (χ4v) is 4.79. The smallest absolute Gasteiger partial charge is 0.255 e. The van der Waals surface area contributed by atoms with E-state index in [9.17, 15) is 13.2 Å². The van der Waals surface area contributed by atoms with Gasteiger partial charge in [0.05, 0.1) is 24.8 Å². The maximum atomic E-state index is 13.0. The van der Waals surface area contributed by atoms with Gasteiger partial charge in [-0.3, -0.25) is 4.79 Å². The molecule has 3 N–H and O–H groups in total. The van der Waals surface area contributed by atoms with Crippen molar-refractivity contribution in [2.24, 2.45) is 0 Å². The van der Waals surface area contributed by atoms with Gasteiger partial charge in [-0.25, -0.2) is 23.1 Å². The van der Waals surface area contributed by atoms with E-state index in [2.05, 4.69) is 20.3 Å². The third-order valence-corrected chi connectivity index (χ3v) is 7.56. The quantitative estimate of drug-likeness (QED) is 0.243. The molecule has 40 heavy (non-hydrogen) atoms. The number of aromatic nitrogens is 3. The molecule has 0 aliphatic carbocycles. The SMILES string of the molecule is CNS(=O)(=O)c1ccc(NC(=O)c2cccc(-c3cn4ccnc4c(Nc4ccc(OC)c(OC)c4)n3)c2)cc1. The molecular weight excluding hydrogens is 532 g/mol. The zero-order valence-electron chi connectivity index (χ0n) is 21.9. The number of fused-ring (bicyclic) bond motifs is 1. The van der Waals surface area contributed by atoms with Gasteiger partial charge >= 0.3 is 0 Å². The van der Waals surface area contributed by atoms with Crippen molar-refractivity contribution >= 4 is 38.8 Å². The average molecular weight is 559 g/mol. The number of benzene rings is 3. The van der Waals surface area contributed by atoms with Crippen LogP contribution in [0.5, 0.6) is 11.5 Å². The van der Waals surface area contributed by atoms with Gasteiger partial charge in [0.15, 0.2) is 23.0 Å². The van der Waals surface area contributed by atoms with E-state index in [1.165, 1.54) is 31.3 Å². The van der Waals surface area contributed by atoms with E-state index in [4.69, 9.17) is 14.5 Å². The van der Waals surface area contributed by atoms with E-state index in [0.717, 1.165) is 5.69 Å². The van der Waals surface area contributed by atoms with Crippen LogP contribution in [0.1, 0.15) is 10.4 Å². The van der Waals surface area contributed by atoms with Crippen LogP contribution in [-0.4, -0.2) is 50.0 Å². The highest BCUT2D eigenvalue weighted by atomic mass is 32.2. The third kappa shape index (κ3) is 5.44. The van der Waals surface area contributed by atoms with Gasteiger partial charge < -0.3 is 24.5 Å². The summed E-state index contributed by atoms with van der Waals surface area (Å²) in [6.07, 6.45) is 5.33. The maximum absolute atomic E-state index is 13.0. The molecule has 0 aliphatic rings. The average Bonchev–Trinajstić information content (AvgIpc) is 3.46. The number of amides is 1. The van der Waals surface area contributed by atoms with Crippen molar-refractivity contribution in [2.75, 3.05) is 31.9 Å². The number of rotatable bonds is 9. The van der Waals surface area contributed by atoms with E-state index in [-0.39, 0.29) is 10.8 Å². The Balaban J connectivity index is 1.42. The van der Waals surface area contributed by atoms with Gasteiger partial charge in [-0.15, -0.1) is 0 Å². The fraction of sp³-hybridized carbons (Fsp3) is 0.107. The molecule has 5 aromatic rings. The predicted molar refractivity (Wildman–Crippen MR) is 152 cm³/mol. The number of nitrogens with zero attached hydrogens (tertiary/aromatic N) is 3.